The number of hydrogen-bond acceptors (Lipinski definition) is 2. The Balaban J connectivity index is 1.94. The Hall–Kier alpha value is -1.81. The molecule has 2 aromatic carbocycles. The van der Waals surface area contributed by atoms with Crippen molar-refractivity contribution in [3.05, 3.63) is 58.1 Å². The first-order valence-corrected chi connectivity index (χ1v) is 8.60. The van der Waals surface area contributed by atoms with Gasteiger partial charge in [-0.15, -0.1) is 0 Å². The van der Waals surface area contributed by atoms with Gasteiger partial charge in [-0.05, 0) is 63.7 Å². The van der Waals surface area contributed by atoms with E-state index in [-0.39, 0.29) is 12.5 Å². The van der Waals surface area contributed by atoms with E-state index < -0.39 is 0 Å². The smallest absolute Gasteiger partial charge is 0.262 e. The highest BCUT2D eigenvalue weighted by atomic mass is 79.9. The lowest BCUT2D eigenvalue weighted by Gasteiger charge is -2.11. The van der Waals surface area contributed by atoms with Gasteiger partial charge >= 0.3 is 0 Å². The summed E-state index contributed by atoms with van der Waals surface area (Å²) < 4.78 is 6.47. The Morgan fingerprint density at radius 1 is 1.22 bits per heavy atom. The Kier molecular flexibility index (Phi) is 6.22. The first kappa shape index (κ1) is 17.5. The van der Waals surface area contributed by atoms with Gasteiger partial charge in [0.15, 0.2) is 6.61 Å². The second kappa shape index (κ2) is 8.16. The van der Waals surface area contributed by atoms with Crippen LogP contribution in [0.4, 0.5) is 5.69 Å². The van der Waals surface area contributed by atoms with Gasteiger partial charge in [0.05, 0.1) is 5.69 Å². The lowest BCUT2D eigenvalue weighted by molar-refractivity contribution is -0.118. The molecule has 23 heavy (non-hydrogen) atoms. The minimum atomic E-state index is -0.176. The molecule has 0 spiro atoms. The number of aryl methyl sites for hydroxylation is 1. The van der Waals surface area contributed by atoms with E-state index >= 15 is 0 Å². The Bertz CT molecular complexity index is 683. The molecule has 0 aromatic heterocycles. The molecular weight excluding hydrogens is 354 g/mol. The summed E-state index contributed by atoms with van der Waals surface area (Å²) in [4.78, 5) is 12.1. The zero-order chi connectivity index (χ0) is 16.8. The zero-order valence-electron chi connectivity index (χ0n) is 13.7. The topological polar surface area (TPSA) is 38.3 Å². The van der Waals surface area contributed by atoms with Crippen LogP contribution in [0.5, 0.6) is 5.75 Å². The molecule has 0 saturated heterocycles. The van der Waals surface area contributed by atoms with Crippen molar-refractivity contribution in [3.8, 4) is 5.75 Å². The molecular formula is C19H22BrNO2. The van der Waals surface area contributed by atoms with Gasteiger partial charge in [0.1, 0.15) is 5.75 Å². The second-order valence-corrected chi connectivity index (χ2v) is 6.59. The van der Waals surface area contributed by atoms with Crippen LogP contribution in [0.2, 0.25) is 0 Å². The van der Waals surface area contributed by atoms with Crippen molar-refractivity contribution in [1.29, 1.82) is 0 Å². The van der Waals surface area contributed by atoms with Gasteiger partial charge in [-0.3, -0.25) is 4.79 Å². The van der Waals surface area contributed by atoms with Crippen molar-refractivity contribution in [3.63, 3.8) is 0 Å². The van der Waals surface area contributed by atoms with Gasteiger partial charge in [-0.2, -0.15) is 0 Å². The van der Waals surface area contributed by atoms with Crippen LogP contribution in [-0.4, -0.2) is 12.5 Å². The number of hydrogen-bond donors (Lipinski definition) is 1. The fraction of sp³-hybridized carbons (Fsp3) is 0.316. The summed E-state index contributed by atoms with van der Waals surface area (Å²) in [6, 6.07) is 13.8. The molecule has 0 aliphatic carbocycles. The van der Waals surface area contributed by atoms with Crippen LogP contribution >= 0.6 is 15.9 Å². The van der Waals surface area contributed by atoms with Gasteiger partial charge in [0, 0.05) is 4.47 Å². The molecule has 0 heterocycles. The summed E-state index contributed by atoms with van der Waals surface area (Å²) in [6.45, 7) is 6.34. The highest BCUT2D eigenvalue weighted by Gasteiger charge is 2.08. The maximum absolute atomic E-state index is 12.1. The average Bonchev–Trinajstić information content (AvgIpc) is 2.55. The van der Waals surface area contributed by atoms with E-state index in [0.29, 0.717) is 11.7 Å². The highest BCUT2D eigenvalue weighted by Crippen LogP contribution is 2.24. The molecule has 0 saturated carbocycles. The Labute approximate surface area is 146 Å². The number of carbonyl (C=O) groups excluding carboxylic acids is 1. The lowest BCUT2D eigenvalue weighted by Crippen LogP contribution is -2.20. The van der Waals surface area contributed by atoms with E-state index in [1.807, 2.05) is 36.4 Å². The molecule has 0 aliphatic heterocycles. The van der Waals surface area contributed by atoms with E-state index in [1.54, 1.807) is 0 Å². The van der Waals surface area contributed by atoms with Crippen molar-refractivity contribution in [2.45, 2.75) is 33.1 Å². The third-order valence-corrected chi connectivity index (χ3v) is 4.27. The molecule has 3 nitrogen and oxygen atoms in total. The third kappa shape index (κ3) is 5.10. The summed E-state index contributed by atoms with van der Waals surface area (Å²) in [5.74, 6) is 0.969. The molecule has 0 fully saturated rings. The molecule has 0 aliphatic rings. The van der Waals surface area contributed by atoms with E-state index in [2.05, 4.69) is 48.1 Å². The average molecular weight is 376 g/mol. The number of benzene rings is 2. The van der Waals surface area contributed by atoms with Gasteiger partial charge in [-0.25, -0.2) is 0 Å². The van der Waals surface area contributed by atoms with Crippen LogP contribution in [-0.2, 0) is 11.2 Å². The summed E-state index contributed by atoms with van der Waals surface area (Å²) in [6.07, 6.45) is 0.960. The number of carbonyl (C=O) groups is 1. The van der Waals surface area contributed by atoms with Gasteiger partial charge in [-0.1, -0.05) is 39.0 Å². The number of halogens is 1. The van der Waals surface area contributed by atoms with Crippen LogP contribution in [0.1, 0.15) is 37.8 Å². The van der Waals surface area contributed by atoms with Crippen molar-refractivity contribution < 1.29 is 9.53 Å². The molecule has 2 aromatic rings. The quantitative estimate of drug-likeness (QED) is 0.757. The zero-order valence-corrected chi connectivity index (χ0v) is 15.3. The van der Waals surface area contributed by atoms with Crippen LogP contribution in [0.25, 0.3) is 0 Å². The van der Waals surface area contributed by atoms with Gasteiger partial charge in [0.25, 0.3) is 5.91 Å². The summed E-state index contributed by atoms with van der Waals surface area (Å²) in [5, 5.41) is 2.86. The number of ether oxygens (including phenoxy) is 1. The normalized spacial score (nSPS) is 10.7. The van der Waals surface area contributed by atoms with E-state index in [1.165, 1.54) is 11.1 Å². The standard InChI is InChI=1S/C19H22BrNO2/c1-4-14-8-9-18(17(20)10-14)21-19(22)12-23-16-7-5-6-15(11-16)13(2)3/h5-11,13H,4,12H2,1-3H3,(H,21,22). The molecule has 1 amide bonds. The maximum Gasteiger partial charge on any atom is 0.262 e. The number of anilines is 1. The first-order valence-electron chi connectivity index (χ1n) is 7.80. The molecule has 0 bridgehead atoms. The number of rotatable bonds is 6. The molecule has 0 atom stereocenters. The Morgan fingerprint density at radius 3 is 2.65 bits per heavy atom. The van der Waals surface area contributed by atoms with E-state index in [4.69, 9.17) is 4.74 Å². The van der Waals surface area contributed by atoms with Crippen LogP contribution < -0.4 is 10.1 Å². The third-order valence-electron chi connectivity index (χ3n) is 3.61. The molecule has 1 N–H and O–H groups in total. The van der Waals surface area contributed by atoms with Gasteiger partial charge < -0.3 is 10.1 Å². The van der Waals surface area contributed by atoms with Crippen molar-refractivity contribution >= 4 is 27.5 Å². The van der Waals surface area contributed by atoms with Crippen molar-refractivity contribution in [2.24, 2.45) is 0 Å². The summed E-state index contributed by atoms with van der Waals surface area (Å²) >= 11 is 3.48. The Morgan fingerprint density at radius 2 is 2.00 bits per heavy atom. The summed E-state index contributed by atoms with van der Waals surface area (Å²) in [5.41, 5.74) is 3.17. The van der Waals surface area contributed by atoms with Crippen molar-refractivity contribution in [1.82, 2.24) is 0 Å². The summed E-state index contributed by atoms with van der Waals surface area (Å²) in [7, 11) is 0. The second-order valence-electron chi connectivity index (χ2n) is 5.73. The fourth-order valence-corrected chi connectivity index (χ4v) is 2.70. The first-order chi connectivity index (χ1) is 11.0. The molecule has 0 radical (unpaired) electrons. The monoisotopic (exact) mass is 375 g/mol. The molecule has 2 rings (SSSR count). The van der Waals surface area contributed by atoms with Crippen LogP contribution in [0, 0.1) is 0 Å². The SMILES string of the molecule is CCc1ccc(NC(=O)COc2cccc(C(C)C)c2)c(Br)c1. The molecule has 0 unspecified atom stereocenters. The predicted octanol–water partition coefficient (Wildman–Crippen LogP) is 5.15. The minimum absolute atomic E-state index is 0.0104. The highest BCUT2D eigenvalue weighted by molar-refractivity contribution is 9.10. The molecule has 122 valence electrons. The van der Waals surface area contributed by atoms with Gasteiger partial charge in [0.2, 0.25) is 0 Å². The van der Waals surface area contributed by atoms with Crippen molar-refractivity contribution in [2.75, 3.05) is 11.9 Å². The largest absolute Gasteiger partial charge is 0.484 e. The predicted molar refractivity (Wildman–Crippen MR) is 98.2 cm³/mol. The maximum atomic E-state index is 12.1. The lowest BCUT2D eigenvalue weighted by atomic mass is 10.0. The van der Waals surface area contributed by atoms with E-state index in [9.17, 15) is 4.79 Å². The number of nitrogens with one attached hydrogen (secondary N) is 1. The number of amides is 1. The minimum Gasteiger partial charge on any atom is -0.484 e. The molecule has 4 heteroatoms. The van der Waals surface area contributed by atoms with E-state index in [0.717, 1.165) is 16.6 Å². The van der Waals surface area contributed by atoms with Crippen LogP contribution in [0.15, 0.2) is 46.9 Å². The fourth-order valence-electron chi connectivity index (χ4n) is 2.18. The van der Waals surface area contributed by atoms with Crippen LogP contribution in [0.3, 0.4) is 0 Å².